The van der Waals surface area contributed by atoms with Gasteiger partial charge in [-0.1, -0.05) is 0 Å². The van der Waals surface area contributed by atoms with Crippen LogP contribution in [0.25, 0.3) is 0 Å². The fourth-order valence-corrected chi connectivity index (χ4v) is 0.561. The molecule has 0 heterocycles. The number of rotatable bonds is 0. The third-order valence-corrected chi connectivity index (χ3v) is 1.03. The highest BCUT2D eigenvalue weighted by Crippen LogP contribution is 2.14. The first-order valence-electron chi connectivity index (χ1n) is 2.50. The van der Waals surface area contributed by atoms with Gasteiger partial charge in [-0.15, -0.1) is 0 Å². The van der Waals surface area contributed by atoms with Gasteiger partial charge in [0.15, 0.2) is 11.5 Å². The first kappa shape index (κ1) is 6.04. The van der Waals surface area contributed by atoms with Crippen molar-refractivity contribution in [3.05, 3.63) is 24.0 Å². The third-order valence-electron chi connectivity index (χ3n) is 1.03. The van der Waals surface area contributed by atoms with Crippen LogP contribution in [0, 0.1) is 5.82 Å². The van der Waals surface area contributed by atoms with E-state index in [1.165, 1.54) is 18.2 Å². The average Bonchev–Trinajstić information content (AvgIpc) is 1.80. The van der Waals surface area contributed by atoms with E-state index in [1.54, 1.807) is 0 Å². The number of aromatic hydroxyl groups is 1. The molecule has 0 fully saturated rings. The van der Waals surface area contributed by atoms with E-state index in [1.807, 2.05) is 0 Å². The van der Waals surface area contributed by atoms with Crippen molar-refractivity contribution in [2.45, 2.75) is 0 Å². The van der Waals surface area contributed by atoms with Crippen molar-refractivity contribution >= 4 is 5.69 Å². The standard InChI is InChI=1S/C6H6FNO/c7-5-2-1-4(9)3-6(5)8/h1-3,9H,8H2/p+1. The molecule has 3 heteroatoms. The number of phenols is 1. The van der Waals surface area contributed by atoms with Crippen LogP contribution in [0.3, 0.4) is 0 Å². The minimum atomic E-state index is -0.396. The van der Waals surface area contributed by atoms with Gasteiger partial charge in [-0.25, -0.2) is 4.39 Å². The zero-order valence-corrected chi connectivity index (χ0v) is 4.76. The van der Waals surface area contributed by atoms with Crippen molar-refractivity contribution in [2.75, 3.05) is 0 Å². The SMILES string of the molecule is [NH3+]c1cc(O)ccc1F. The quantitative estimate of drug-likeness (QED) is 0.522. The number of hydrogen-bond donors (Lipinski definition) is 2. The Hall–Kier alpha value is -1.09. The van der Waals surface area contributed by atoms with Gasteiger partial charge >= 0.3 is 0 Å². The van der Waals surface area contributed by atoms with Crippen molar-refractivity contribution in [2.24, 2.45) is 0 Å². The molecular formula is C6H7FNO+. The molecule has 1 aromatic carbocycles. The maximum atomic E-state index is 12.3. The molecule has 0 atom stereocenters. The molecule has 0 aliphatic carbocycles. The van der Waals surface area contributed by atoms with E-state index in [-0.39, 0.29) is 11.4 Å². The molecule has 0 saturated carbocycles. The van der Waals surface area contributed by atoms with E-state index < -0.39 is 5.82 Å². The van der Waals surface area contributed by atoms with Crippen molar-refractivity contribution in [1.82, 2.24) is 0 Å². The predicted octanol–water partition coefficient (Wildman–Crippen LogP) is 0.405. The Morgan fingerprint density at radius 2 is 2.11 bits per heavy atom. The Bertz CT molecular complexity index is 224. The maximum absolute atomic E-state index is 12.3. The molecule has 48 valence electrons. The molecule has 0 bridgehead atoms. The van der Waals surface area contributed by atoms with Crippen LogP contribution in [0.1, 0.15) is 0 Å². The zero-order chi connectivity index (χ0) is 6.85. The summed E-state index contributed by atoms with van der Waals surface area (Å²) in [6.45, 7) is 0. The monoisotopic (exact) mass is 128 g/mol. The first-order valence-corrected chi connectivity index (χ1v) is 2.50. The van der Waals surface area contributed by atoms with Gasteiger partial charge in [0.1, 0.15) is 5.75 Å². The summed E-state index contributed by atoms with van der Waals surface area (Å²) in [6, 6.07) is 3.73. The van der Waals surface area contributed by atoms with Gasteiger partial charge in [0, 0.05) is 6.07 Å². The lowest BCUT2D eigenvalue weighted by atomic mass is 10.3. The second-order valence-corrected chi connectivity index (χ2v) is 1.78. The molecule has 1 aromatic rings. The minimum absolute atomic E-state index is 0.0430. The number of hydrogen-bond acceptors (Lipinski definition) is 1. The summed E-state index contributed by atoms with van der Waals surface area (Å²) in [6.07, 6.45) is 0. The summed E-state index contributed by atoms with van der Waals surface area (Å²) >= 11 is 0. The highest BCUT2D eigenvalue weighted by atomic mass is 19.1. The summed E-state index contributed by atoms with van der Waals surface area (Å²) < 4.78 is 12.3. The number of benzene rings is 1. The van der Waals surface area contributed by atoms with Crippen LogP contribution in [0.15, 0.2) is 18.2 Å². The summed E-state index contributed by atoms with van der Waals surface area (Å²) in [7, 11) is 0. The van der Waals surface area contributed by atoms with E-state index in [2.05, 4.69) is 5.73 Å². The summed E-state index contributed by atoms with van der Waals surface area (Å²) in [5.74, 6) is -0.353. The number of quaternary nitrogens is 1. The smallest absolute Gasteiger partial charge is 0.183 e. The molecule has 0 amide bonds. The summed E-state index contributed by atoms with van der Waals surface area (Å²) in [5.41, 5.74) is 3.56. The van der Waals surface area contributed by atoms with E-state index in [4.69, 9.17) is 5.11 Å². The van der Waals surface area contributed by atoms with Gasteiger partial charge in [0.05, 0.1) is 0 Å². The topological polar surface area (TPSA) is 47.9 Å². The van der Waals surface area contributed by atoms with Crippen LogP contribution >= 0.6 is 0 Å². The maximum Gasteiger partial charge on any atom is 0.183 e. The molecule has 2 nitrogen and oxygen atoms in total. The molecule has 0 saturated heterocycles. The Kier molecular flexibility index (Phi) is 1.36. The lowest BCUT2D eigenvalue weighted by Crippen LogP contribution is -2.41. The van der Waals surface area contributed by atoms with Crippen LogP contribution in [0.2, 0.25) is 0 Å². The molecule has 4 N–H and O–H groups in total. The van der Waals surface area contributed by atoms with E-state index in [0.29, 0.717) is 0 Å². The molecule has 1 rings (SSSR count). The highest BCUT2D eigenvalue weighted by Gasteiger charge is 1.99. The van der Waals surface area contributed by atoms with Crippen molar-refractivity contribution < 1.29 is 15.2 Å². The molecule has 0 spiro atoms. The minimum Gasteiger partial charge on any atom is -0.508 e. The fraction of sp³-hybridized carbons (Fsp3) is 0. The van der Waals surface area contributed by atoms with Crippen LogP contribution in [0.5, 0.6) is 5.75 Å². The number of halogens is 1. The van der Waals surface area contributed by atoms with Gasteiger partial charge < -0.3 is 10.8 Å². The molecule has 9 heavy (non-hydrogen) atoms. The molecule has 0 aliphatic rings. The molecule has 0 radical (unpaired) electrons. The Labute approximate surface area is 51.7 Å². The third kappa shape index (κ3) is 1.17. The van der Waals surface area contributed by atoms with Gasteiger partial charge in [0.2, 0.25) is 0 Å². The van der Waals surface area contributed by atoms with Crippen LogP contribution in [0.4, 0.5) is 10.1 Å². The van der Waals surface area contributed by atoms with Gasteiger partial charge in [-0.2, -0.15) is 0 Å². The molecular weight excluding hydrogens is 121 g/mol. The van der Waals surface area contributed by atoms with Gasteiger partial charge in [-0.3, -0.25) is 0 Å². The Morgan fingerprint density at radius 3 is 2.56 bits per heavy atom. The summed E-state index contributed by atoms with van der Waals surface area (Å²) in [4.78, 5) is 0. The predicted molar refractivity (Wildman–Crippen MR) is 30.6 cm³/mol. The summed E-state index contributed by atoms with van der Waals surface area (Å²) in [5, 5.41) is 8.73. The van der Waals surface area contributed by atoms with E-state index in [9.17, 15) is 4.39 Å². The Balaban J connectivity index is 3.17. The lowest BCUT2D eigenvalue weighted by Gasteiger charge is -1.90. The molecule has 0 unspecified atom stereocenters. The van der Waals surface area contributed by atoms with Crippen LogP contribution in [-0.2, 0) is 0 Å². The highest BCUT2D eigenvalue weighted by molar-refractivity contribution is 5.37. The number of phenolic OH excluding ortho intramolecular Hbond substituents is 1. The van der Waals surface area contributed by atoms with Gasteiger partial charge in [0.25, 0.3) is 0 Å². The van der Waals surface area contributed by atoms with Crippen molar-refractivity contribution in [3.63, 3.8) is 0 Å². The fourth-order valence-electron chi connectivity index (χ4n) is 0.561. The molecule has 0 aliphatic heterocycles. The van der Waals surface area contributed by atoms with E-state index in [0.717, 1.165) is 0 Å². The lowest BCUT2D eigenvalue weighted by molar-refractivity contribution is -0.258. The second-order valence-electron chi connectivity index (χ2n) is 1.78. The largest absolute Gasteiger partial charge is 0.508 e. The van der Waals surface area contributed by atoms with Crippen LogP contribution < -0.4 is 5.73 Å². The van der Waals surface area contributed by atoms with Gasteiger partial charge in [-0.05, 0) is 12.1 Å². The second kappa shape index (κ2) is 2.03. The molecule has 0 aromatic heterocycles. The first-order chi connectivity index (χ1) is 4.20. The average molecular weight is 128 g/mol. The van der Waals surface area contributed by atoms with E-state index >= 15 is 0 Å². The zero-order valence-electron chi connectivity index (χ0n) is 4.76. The normalized spacial score (nSPS) is 9.56. The van der Waals surface area contributed by atoms with Crippen molar-refractivity contribution in [1.29, 1.82) is 0 Å². The van der Waals surface area contributed by atoms with Crippen molar-refractivity contribution in [3.8, 4) is 5.75 Å². The Morgan fingerprint density at radius 1 is 1.44 bits per heavy atom. The van der Waals surface area contributed by atoms with Crippen LogP contribution in [-0.4, -0.2) is 5.11 Å².